The molecule has 0 amide bonds. The van der Waals surface area contributed by atoms with Crippen molar-refractivity contribution in [1.29, 1.82) is 0 Å². The van der Waals surface area contributed by atoms with Gasteiger partial charge in [-0.25, -0.2) is 0 Å². The number of rotatable bonds is 2. The minimum Gasteiger partial charge on any atom is -0.381 e. The van der Waals surface area contributed by atoms with Crippen LogP contribution in [0.1, 0.15) is 18.9 Å². The lowest BCUT2D eigenvalue weighted by molar-refractivity contribution is -0.754. The highest BCUT2D eigenvalue weighted by atomic mass is 79.9. The molecule has 0 atom stereocenters. The van der Waals surface area contributed by atoms with Gasteiger partial charge in [-0.05, 0) is 27.2 Å². The number of hydrogen-bond donors (Lipinski definition) is 1. The van der Waals surface area contributed by atoms with Crippen molar-refractivity contribution in [3.8, 4) is 0 Å². The van der Waals surface area contributed by atoms with Crippen molar-refractivity contribution in [3.05, 3.63) is 27.7 Å². The molecule has 0 unspecified atom stereocenters. The van der Waals surface area contributed by atoms with Gasteiger partial charge in [0, 0.05) is 18.9 Å². The molecule has 1 aliphatic heterocycles. The van der Waals surface area contributed by atoms with Crippen LogP contribution in [0.3, 0.4) is 0 Å². The van der Waals surface area contributed by atoms with Gasteiger partial charge in [0.05, 0.1) is 29.3 Å². The van der Waals surface area contributed by atoms with E-state index in [1.54, 1.807) is 6.07 Å². The Bertz CT molecular complexity index is 590. The fourth-order valence-electron chi connectivity index (χ4n) is 2.42. The van der Waals surface area contributed by atoms with Gasteiger partial charge in [0.2, 0.25) is 5.52 Å². The topological polar surface area (TPSA) is 58.3 Å². The van der Waals surface area contributed by atoms with Crippen molar-refractivity contribution < 1.29 is 9.42 Å². The Kier molecular flexibility index (Phi) is 3.13. The molecule has 0 bridgehead atoms. The van der Waals surface area contributed by atoms with E-state index < -0.39 is 0 Å². The van der Waals surface area contributed by atoms with Crippen molar-refractivity contribution in [1.82, 2.24) is 5.10 Å². The van der Waals surface area contributed by atoms with Crippen molar-refractivity contribution in [2.45, 2.75) is 18.9 Å². The van der Waals surface area contributed by atoms with Crippen LogP contribution in [0.2, 0.25) is 0 Å². The number of nitrogens with one attached hydrogen (secondary N) is 1. The summed E-state index contributed by atoms with van der Waals surface area (Å²) in [6.45, 7) is 1.60. The van der Waals surface area contributed by atoms with Gasteiger partial charge in [-0.2, -0.15) is 5.10 Å². The van der Waals surface area contributed by atoms with E-state index in [4.69, 9.17) is 4.74 Å². The van der Waals surface area contributed by atoms with Gasteiger partial charge in [-0.1, -0.05) is 0 Å². The molecule has 2 aromatic rings. The first kappa shape index (κ1) is 11.8. The first-order valence-corrected chi connectivity index (χ1v) is 6.72. The van der Waals surface area contributed by atoms with Gasteiger partial charge in [0.15, 0.2) is 6.04 Å². The van der Waals surface area contributed by atoms with Crippen LogP contribution >= 0.6 is 15.9 Å². The maximum absolute atomic E-state index is 10.7. The van der Waals surface area contributed by atoms with Crippen molar-refractivity contribution in [2.75, 3.05) is 13.2 Å². The number of nitrogens with zero attached hydrogens (tertiary/aromatic N) is 2. The minimum atomic E-state index is 0.429. The van der Waals surface area contributed by atoms with Gasteiger partial charge in [-0.3, -0.25) is 0 Å². The second-order valence-corrected chi connectivity index (χ2v) is 5.30. The van der Waals surface area contributed by atoms with Crippen molar-refractivity contribution >= 4 is 32.5 Å². The SMILES string of the molecule is O=Nc1cc2c[nH][n+](C3CCOCC3)c2cc1Br. The van der Waals surface area contributed by atoms with Crippen LogP contribution in [0.5, 0.6) is 0 Å². The van der Waals surface area contributed by atoms with Crippen LogP contribution < -0.4 is 4.68 Å². The third-order valence-corrected chi connectivity index (χ3v) is 4.00. The number of halogens is 1. The number of hydrogen-bond acceptors (Lipinski definition) is 3. The molecular weight excluding hydrogens is 298 g/mol. The lowest BCUT2D eigenvalue weighted by Gasteiger charge is -2.16. The Morgan fingerprint density at radius 1 is 1.39 bits per heavy atom. The second kappa shape index (κ2) is 4.78. The van der Waals surface area contributed by atoms with Gasteiger partial charge in [0.25, 0.3) is 0 Å². The summed E-state index contributed by atoms with van der Waals surface area (Å²) in [6, 6.07) is 4.16. The predicted octanol–water partition coefficient (Wildman–Crippen LogP) is 2.97. The molecule has 1 fully saturated rings. The molecule has 1 aromatic carbocycles. The molecule has 1 saturated heterocycles. The Morgan fingerprint density at radius 3 is 2.89 bits per heavy atom. The predicted molar refractivity (Wildman–Crippen MR) is 70.7 cm³/mol. The fourth-order valence-corrected chi connectivity index (χ4v) is 2.82. The van der Waals surface area contributed by atoms with E-state index in [1.807, 2.05) is 12.3 Å². The summed E-state index contributed by atoms with van der Waals surface area (Å²) < 4.78 is 8.25. The summed E-state index contributed by atoms with van der Waals surface area (Å²) in [7, 11) is 0. The second-order valence-electron chi connectivity index (χ2n) is 4.44. The molecule has 0 radical (unpaired) electrons. The average Bonchev–Trinajstić information content (AvgIpc) is 2.81. The Labute approximate surface area is 112 Å². The normalized spacial score (nSPS) is 17.2. The standard InChI is InChI=1S/C12H12BrN3O2/c13-10-6-12-8(5-11(10)15-17)7-14-16(12)9-1-3-18-4-2-9/h5-7,9H,1-4H2/p+1. The van der Waals surface area contributed by atoms with Crippen LogP contribution in [0.4, 0.5) is 5.69 Å². The molecule has 0 aliphatic carbocycles. The van der Waals surface area contributed by atoms with E-state index in [-0.39, 0.29) is 0 Å². The number of aromatic nitrogens is 2. The summed E-state index contributed by atoms with van der Waals surface area (Å²) in [5.41, 5.74) is 1.52. The van der Waals surface area contributed by atoms with E-state index in [9.17, 15) is 4.91 Å². The van der Waals surface area contributed by atoms with Crippen LogP contribution in [0.25, 0.3) is 10.9 Å². The molecule has 0 spiro atoms. The quantitative estimate of drug-likeness (QED) is 0.685. The monoisotopic (exact) mass is 310 g/mol. The highest BCUT2D eigenvalue weighted by Gasteiger charge is 2.26. The van der Waals surface area contributed by atoms with Crippen molar-refractivity contribution in [3.63, 3.8) is 0 Å². The van der Waals surface area contributed by atoms with Crippen LogP contribution in [0, 0.1) is 4.91 Å². The molecule has 6 heteroatoms. The zero-order chi connectivity index (χ0) is 12.5. The maximum atomic E-state index is 10.7. The van der Waals surface area contributed by atoms with E-state index in [1.165, 1.54) is 0 Å². The van der Waals surface area contributed by atoms with E-state index in [0.29, 0.717) is 11.7 Å². The minimum absolute atomic E-state index is 0.429. The number of nitroso groups, excluding NO2 is 1. The number of aromatic amines is 1. The molecule has 18 heavy (non-hydrogen) atoms. The van der Waals surface area contributed by atoms with Gasteiger partial charge >= 0.3 is 0 Å². The first-order valence-electron chi connectivity index (χ1n) is 5.93. The number of fused-ring (bicyclic) bond motifs is 1. The van der Waals surface area contributed by atoms with E-state index in [2.05, 4.69) is 30.9 Å². The molecular formula is C12H13BrN3O2+. The van der Waals surface area contributed by atoms with Gasteiger partial charge in [-0.15, -0.1) is 9.59 Å². The van der Waals surface area contributed by atoms with E-state index in [0.717, 1.165) is 41.4 Å². The number of ether oxygens (including phenoxy) is 1. The summed E-state index contributed by atoms with van der Waals surface area (Å²) in [5, 5.41) is 7.26. The smallest absolute Gasteiger partial charge is 0.239 e. The Morgan fingerprint density at radius 2 is 2.17 bits per heavy atom. The average molecular weight is 311 g/mol. The summed E-state index contributed by atoms with van der Waals surface area (Å²) in [4.78, 5) is 10.7. The molecule has 94 valence electrons. The highest BCUT2D eigenvalue weighted by molar-refractivity contribution is 9.10. The van der Waals surface area contributed by atoms with Gasteiger partial charge in [0.1, 0.15) is 5.69 Å². The molecule has 5 nitrogen and oxygen atoms in total. The number of H-pyrrole nitrogens is 1. The molecule has 1 aromatic heterocycles. The zero-order valence-electron chi connectivity index (χ0n) is 9.73. The number of benzene rings is 1. The van der Waals surface area contributed by atoms with Crippen molar-refractivity contribution in [2.24, 2.45) is 5.18 Å². The molecule has 1 aliphatic rings. The molecule has 0 saturated carbocycles. The lowest BCUT2D eigenvalue weighted by Crippen LogP contribution is -2.44. The molecule has 3 rings (SSSR count). The zero-order valence-corrected chi connectivity index (χ0v) is 11.3. The van der Waals surface area contributed by atoms with E-state index >= 15 is 0 Å². The fraction of sp³-hybridized carbons (Fsp3) is 0.417. The molecule has 1 N–H and O–H groups in total. The van der Waals surface area contributed by atoms with Crippen LogP contribution in [-0.4, -0.2) is 18.3 Å². The first-order chi connectivity index (χ1) is 8.79. The van der Waals surface area contributed by atoms with Gasteiger partial charge < -0.3 is 4.74 Å². The summed E-state index contributed by atoms with van der Waals surface area (Å²) in [5.74, 6) is 0. The third-order valence-electron chi connectivity index (χ3n) is 3.37. The Hall–Kier alpha value is -1.27. The lowest BCUT2D eigenvalue weighted by atomic mass is 10.1. The maximum Gasteiger partial charge on any atom is 0.239 e. The van der Waals surface area contributed by atoms with Crippen LogP contribution in [-0.2, 0) is 4.74 Å². The highest BCUT2D eigenvalue weighted by Crippen LogP contribution is 2.30. The summed E-state index contributed by atoms with van der Waals surface area (Å²) in [6.07, 6.45) is 3.92. The Balaban J connectivity index is 2.07. The molecule has 2 heterocycles. The largest absolute Gasteiger partial charge is 0.381 e. The third kappa shape index (κ3) is 1.95. The van der Waals surface area contributed by atoms with Crippen LogP contribution in [0.15, 0.2) is 28.0 Å². The summed E-state index contributed by atoms with van der Waals surface area (Å²) >= 11 is 3.37.